The Morgan fingerprint density at radius 2 is 1.76 bits per heavy atom. The molecule has 3 N–H and O–H groups in total. The van der Waals surface area contributed by atoms with Crippen LogP contribution < -0.4 is 11.1 Å². The second-order valence-electron chi connectivity index (χ2n) is 4.83. The third-order valence-corrected chi connectivity index (χ3v) is 3.24. The van der Waals surface area contributed by atoms with E-state index >= 15 is 0 Å². The lowest BCUT2D eigenvalue weighted by Crippen LogP contribution is -2.28. The molecule has 3 nitrogen and oxygen atoms in total. The highest BCUT2D eigenvalue weighted by atomic mass is 16.1. The van der Waals surface area contributed by atoms with Crippen molar-refractivity contribution in [2.24, 2.45) is 11.7 Å². The van der Waals surface area contributed by atoms with Crippen LogP contribution in [0, 0.1) is 5.92 Å². The molecule has 0 aliphatic carbocycles. The lowest BCUT2D eigenvalue weighted by atomic mass is 10.0. The number of carbonyl (C=O) groups excluding carboxylic acids is 1. The Morgan fingerprint density at radius 1 is 1.12 bits per heavy atom. The molecule has 0 radical (unpaired) electrons. The maximum absolute atomic E-state index is 11.5. The van der Waals surface area contributed by atoms with Crippen molar-refractivity contribution in [3.63, 3.8) is 0 Å². The summed E-state index contributed by atoms with van der Waals surface area (Å²) in [5, 5.41) is 2.98. The molecule has 1 amide bonds. The van der Waals surface area contributed by atoms with Crippen molar-refractivity contribution in [1.82, 2.24) is 5.32 Å². The van der Waals surface area contributed by atoms with Gasteiger partial charge in [0.05, 0.1) is 0 Å². The van der Waals surface area contributed by atoms with Crippen molar-refractivity contribution < 1.29 is 4.79 Å². The molecule has 0 spiro atoms. The molecule has 0 aliphatic rings. The Hall–Kier alpha value is -0.570. The quantitative estimate of drug-likeness (QED) is 0.547. The SMILES string of the molecule is CCCCCCCCNC(=O)CC(CC)CN. The van der Waals surface area contributed by atoms with Gasteiger partial charge in [0.15, 0.2) is 0 Å². The average molecular weight is 242 g/mol. The highest BCUT2D eigenvalue weighted by molar-refractivity contribution is 5.76. The first kappa shape index (κ1) is 16.4. The van der Waals surface area contributed by atoms with Gasteiger partial charge in [-0.05, 0) is 18.9 Å². The van der Waals surface area contributed by atoms with E-state index < -0.39 is 0 Å². The number of nitrogens with one attached hydrogen (secondary N) is 1. The number of amides is 1. The maximum atomic E-state index is 11.5. The van der Waals surface area contributed by atoms with E-state index in [1.165, 1.54) is 32.1 Å². The van der Waals surface area contributed by atoms with Crippen LogP contribution in [0.4, 0.5) is 0 Å². The Morgan fingerprint density at radius 3 is 2.35 bits per heavy atom. The van der Waals surface area contributed by atoms with E-state index in [0.29, 0.717) is 18.9 Å². The van der Waals surface area contributed by atoms with Crippen LogP contribution in [0.25, 0.3) is 0 Å². The van der Waals surface area contributed by atoms with E-state index in [-0.39, 0.29) is 5.91 Å². The smallest absolute Gasteiger partial charge is 0.220 e. The Balaban J connectivity index is 3.33. The molecular weight excluding hydrogens is 212 g/mol. The van der Waals surface area contributed by atoms with E-state index in [9.17, 15) is 4.79 Å². The van der Waals surface area contributed by atoms with Crippen LogP contribution in [0.2, 0.25) is 0 Å². The Kier molecular flexibility index (Phi) is 11.5. The minimum absolute atomic E-state index is 0.163. The lowest BCUT2D eigenvalue weighted by molar-refractivity contribution is -0.122. The molecule has 1 unspecified atom stereocenters. The molecule has 17 heavy (non-hydrogen) atoms. The lowest BCUT2D eigenvalue weighted by Gasteiger charge is -2.11. The summed E-state index contributed by atoms with van der Waals surface area (Å²) in [4.78, 5) is 11.5. The molecule has 0 saturated heterocycles. The van der Waals surface area contributed by atoms with Gasteiger partial charge in [0, 0.05) is 13.0 Å². The van der Waals surface area contributed by atoms with Crippen molar-refractivity contribution in [2.75, 3.05) is 13.1 Å². The summed E-state index contributed by atoms with van der Waals surface area (Å²) in [6.45, 7) is 5.74. The summed E-state index contributed by atoms with van der Waals surface area (Å²) >= 11 is 0. The first-order valence-electron chi connectivity index (χ1n) is 7.21. The molecular formula is C14H30N2O. The van der Waals surface area contributed by atoms with Gasteiger partial charge in [0.1, 0.15) is 0 Å². The molecule has 0 fully saturated rings. The van der Waals surface area contributed by atoms with Crippen molar-refractivity contribution in [3.8, 4) is 0 Å². The molecule has 0 saturated carbocycles. The Labute approximate surface area is 107 Å². The zero-order valence-electron chi connectivity index (χ0n) is 11.6. The molecule has 3 heteroatoms. The van der Waals surface area contributed by atoms with Crippen LogP contribution in [0.15, 0.2) is 0 Å². The summed E-state index contributed by atoms with van der Waals surface area (Å²) in [5.74, 6) is 0.510. The summed E-state index contributed by atoms with van der Waals surface area (Å²) in [7, 11) is 0. The number of hydrogen-bond acceptors (Lipinski definition) is 2. The molecule has 0 aliphatic heterocycles. The largest absolute Gasteiger partial charge is 0.356 e. The van der Waals surface area contributed by atoms with Gasteiger partial charge in [0.25, 0.3) is 0 Å². The second kappa shape index (κ2) is 11.9. The van der Waals surface area contributed by atoms with Crippen molar-refractivity contribution in [2.45, 2.75) is 65.2 Å². The molecule has 0 aromatic carbocycles. The third kappa shape index (κ3) is 10.3. The topological polar surface area (TPSA) is 55.1 Å². The molecule has 102 valence electrons. The maximum Gasteiger partial charge on any atom is 0.220 e. The van der Waals surface area contributed by atoms with E-state index in [2.05, 4.69) is 19.2 Å². The van der Waals surface area contributed by atoms with Gasteiger partial charge in [0.2, 0.25) is 5.91 Å². The average Bonchev–Trinajstić information content (AvgIpc) is 2.34. The minimum Gasteiger partial charge on any atom is -0.356 e. The third-order valence-electron chi connectivity index (χ3n) is 3.24. The summed E-state index contributed by atoms with van der Waals surface area (Å²) < 4.78 is 0. The van der Waals surface area contributed by atoms with Crippen molar-refractivity contribution >= 4 is 5.91 Å². The molecule has 0 rings (SSSR count). The fourth-order valence-corrected chi connectivity index (χ4v) is 1.86. The zero-order valence-corrected chi connectivity index (χ0v) is 11.6. The zero-order chi connectivity index (χ0) is 12.9. The van der Waals surface area contributed by atoms with Gasteiger partial charge in [-0.3, -0.25) is 4.79 Å². The predicted octanol–water partition coefficient (Wildman–Crippen LogP) is 2.84. The number of hydrogen-bond donors (Lipinski definition) is 2. The van der Waals surface area contributed by atoms with Crippen molar-refractivity contribution in [1.29, 1.82) is 0 Å². The fraction of sp³-hybridized carbons (Fsp3) is 0.929. The van der Waals surface area contributed by atoms with Crippen LogP contribution in [0.5, 0.6) is 0 Å². The van der Waals surface area contributed by atoms with Gasteiger partial charge in [-0.15, -0.1) is 0 Å². The highest BCUT2D eigenvalue weighted by Crippen LogP contribution is 2.06. The monoisotopic (exact) mass is 242 g/mol. The van der Waals surface area contributed by atoms with E-state index in [4.69, 9.17) is 5.73 Å². The first-order chi connectivity index (χ1) is 8.24. The molecule has 0 aromatic heterocycles. The summed E-state index contributed by atoms with van der Waals surface area (Å²) in [6, 6.07) is 0. The van der Waals surface area contributed by atoms with E-state index in [1.807, 2.05) is 0 Å². The van der Waals surface area contributed by atoms with Crippen LogP contribution in [0.1, 0.15) is 65.2 Å². The van der Waals surface area contributed by atoms with Crippen LogP contribution in [-0.4, -0.2) is 19.0 Å². The number of unbranched alkanes of at least 4 members (excludes halogenated alkanes) is 5. The predicted molar refractivity (Wildman–Crippen MR) is 73.8 cm³/mol. The van der Waals surface area contributed by atoms with Gasteiger partial charge < -0.3 is 11.1 Å². The summed E-state index contributed by atoms with van der Waals surface area (Å²) in [6.07, 6.45) is 9.15. The minimum atomic E-state index is 0.163. The number of nitrogens with two attached hydrogens (primary N) is 1. The van der Waals surface area contributed by atoms with E-state index in [0.717, 1.165) is 19.4 Å². The van der Waals surface area contributed by atoms with Gasteiger partial charge in [-0.1, -0.05) is 52.4 Å². The van der Waals surface area contributed by atoms with Crippen LogP contribution in [-0.2, 0) is 4.79 Å². The van der Waals surface area contributed by atoms with E-state index in [1.54, 1.807) is 0 Å². The van der Waals surface area contributed by atoms with Gasteiger partial charge >= 0.3 is 0 Å². The Bertz CT molecular complexity index is 179. The molecule has 0 heterocycles. The van der Waals surface area contributed by atoms with Crippen molar-refractivity contribution in [3.05, 3.63) is 0 Å². The van der Waals surface area contributed by atoms with Crippen LogP contribution >= 0.6 is 0 Å². The highest BCUT2D eigenvalue weighted by Gasteiger charge is 2.09. The standard InChI is InChI=1S/C14H30N2O/c1-3-5-6-7-8-9-10-16-14(17)11-13(4-2)12-15/h13H,3-12,15H2,1-2H3,(H,16,17). The molecule has 0 bridgehead atoms. The first-order valence-corrected chi connectivity index (χ1v) is 7.21. The fourth-order valence-electron chi connectivity index (χ4n) is 1.86. The normalized spacial score (nSPS) is 12.4. The second-order valence-corrected chi connectivity index (χ2v) is 4.83. The molecule has 1 atom stereocenters. The summed E-state index contributed by atoms with van der Waals surface area (Å²) in [5.41, 5.74) is 5.57. The van der Waals surface area contributed by atoms with Gasteiger partial charge in [-0.2, -0.15) is 0 Å². The number of rotatable bonds is 11. The van der Waals surface area contributed by atoms with Gasteiger partial charge in [-0.25, -0.2) is 0 Å². The number of carbonyl (C=O) groups is 1. The molecule has 0 aromatic rings. The van der Waals surface area contributed by atoms with Crippen LogP contribution in [0.3, 0.4) is 0 Å².